The second kappa shape index (κ2) is 7.11. The van der Waals surface area contributed by atoms with Gasteiger partial charge < -0.3 is 14.6 Å². The first-order valence-electron chi connectivity index (χ1n) is 5.30. The van der Waals surface area contributed by atoms with Gasteiger partial charge in [-0.1, -0.05) is 24.3 Å². The lowest BCUT2D eigenvalue weighted by Crippen LogP contribution is -2.12. The molecule has 0 aromatic heterocycles. The van der Waals surface area contributed by atoms with Gasteiger partial charge in [-0.15, -0.1) is 0 Å². The van der Waals surface area contributed by atoms with Gasteiger partial charge in [-0.05, 0) is 17.7 Å². The van der Waals surface area contributed by atoms with Crippen LogP contribution < -0.4 is 4.74 Å². The summed E-state index contributed by atoms with van der Waals surface area (Å²) in [5.41, 5.74) is 0.863. The fourth-order valence-corrected chi connectivity index (χ4v) is 1.17. The van der Waals surface area contributed by atoms with Crippen LogP contribution in [0.3, 0.4) is 0 Å². The SMILES string of the molecule is COC(=O)COc1ccc(C=CCC(=O)O)cc1. The van der Waals surface area contributed by atoms with Crippen LogP contribution in [-0.4, -0.2) is 30.8 Å². The van der Waals surface area contributed by atoms with E-state index < -0.39 is 11.9 Å². The quantitative estimate of drug-likeness (QED) is 0.778. The summed E-state index contributed by atoms with van der Waals surface area (Å²) in [7, 11) is 1.29. The predicted octanol–water partition coefficient (Wildman–Crippen LogP) is 1.73. The highest BCUT2D eigenvalue weighted by molar-refractivity contribution is 5.71. The van der Waals surface area contributed by atoms with Crippen LogP contribution >= 0.6 is 0 Å². The Kier molecular flexibility index (Phi) is 5.44. The molecule has 0 saturated heterocycles. The van der Waals surface area contributed by atoms with Crippen LogP contribution in [0.15, 0.2) is 30.3 Å². The molecular weight excluding hydrogens is 236 g/mol. The van der Waals surface area contributed by atoms with E-state index in [1.54, 1.807) is 36.4 Å². The monoisotopic (exact) mass is 250 g/mol. The average Bonchev–Trinajstić information content (AvgIpc) is 2.37. The van der Waals surface area contributed by atoms with Crippen molar-refractivity contribution in [1.29, 1.82) is 0 Å². The number of carbonyl (C=O) groups excluding carboxylic acids is 1. The van der Waals surface area contributed by atoms with Crippen LogP contribution in [0.25, 0.3) is 6.08 Å². The first-order chi connectivity index (χ1) is 8.61. The first-order valence-corrected chi connectivity index (χ1v) is 5.30. The molecule has 18 heavy (non-hydrogen) atoms. The summed E-state index contributed by atoms with van der Waals surface area (Å²) in [5.74, 6) is -0.763. The van der Waals surface area contributed by atoms with Crippen molar-refractivity contribution < 1.29 is 24.2 Å². The molecule has 1 N–H and O–H groups in total. The van der Waals surface area contributed by atoms with Gasteiger partial charge in [0.05, 0.1) is 13.5 Å². The van der Waals surface area contributed by atoms with Crippen molar-refractivity contribution in [3.63, 3.8) is 0 Å². The smallest absolute Gasteiger partial charge is 0.343 e. The molecular formula is C13H14O5. The topological polar surface area (TPSA) is 72.8 Å². The van der Waals surface area contributed by atoms with Crippen molar-refractivity contribution in [1.82, 2.24) is 0 Å². The molecule has 1 aromatic rings. The van der Waals surface area contributed by atoms with Crippen LogP contribution in [-0.2, 0) is 14.3 Å². The molecule has 0 fully saturated rings. The molecule has 0 radical (unpaired) electrons. The molecule has 1 aromatic carbocycles. The predicted molar refractivity (Wildman–Crippen MR) is 65.2 cm³/mol. The van der Waals surface area contributed by atoms with E-state index in [9.17, 15) is 9.59 Å². The number of aliphatic carboxylic acids is 1. The summed E-state index contributed by atoms with van der Waals surface area (Å²) >= 11 is 0. The summed E-state index contributed by atoms with van der Waals surface area (Å²) in [6.45, 7) is -0.134. The van der Waals surface area contributed by atoms with Crippen molar-refractivity contribution in [2.24, 2.45) is 0 Å². The van der Waals surface area contributed by atoms with E-state index in [1.807, 2.05) is 0 Å². The lowest BCUT2D eigenvalue weighted by molar-refractivity contribution is -0.143. The molecule has 0 aliphatic rings. The van der Waals surface area contributed by atoms with Crippen molar-refractivity contribution in [2.75, 3.05) is 13.7 Å². The molecule has 5 nitrogen and oxygen atoms in total. The zero-order valence-electron chi connectivity index (χ0n) is 9.96. The Morgan fingerprint density at radius 2 is 1.94 bits per heavy atom. The number of esters is 1. The number of carboxylic acid groups (broad SMARTS) is 1. The van der Waals surface area contributed by atoms with E-state index >= 15 is 0 Å². The molecule has 0 amide bonds. The molecule has 0 aliphatic heterocycles. The normalized spacial score (nSPS) is 10.3. The number of hydrogen-bond donors (Lipinski definition) is 1. The van der Waals surface area contributed by atoms with Gasteiger partial charge >= 0.3 is 11.9 Å². The van der Waals surface area contributed by atoms with Gasteiger partial charge in [-0.3, -0.25) is 4.79 Å². The number of ether oxygens (including phenoxy) is 2. The molecule has 0 atom stereocenters. The summed E-state index contributed by atoms with van der Waals surface area (Å²) in [6, 6.07) is 6.93. The Morgan fingerprint density at radius 1 is 1.28 bits per heavy atom. The van der Waals surface area contributed by atoms with Gasteiger partial charge in [0.15, 0.2) is 6.61 Å². The zero-order chi connectivity index (χ0) is 13.4. The van der Waals surface area contributed by atoms with Crippen LogP contribution in [0.4, 0.5) is 0 Å². The largest absolute Gasteiger partial charge is 0.482 e. The second-order valence-electron chi connectivity index (χ2n) is 3.43. The van der Waals surface area contributed by atoms with Crippen molar-refractivity contribution in [2.45, 2.75) is 6.42 Å². The number of benzene rings is 1. The minimum absolute atomic E-state index is 0.0133. The lowest BCUT2D eigenvalue weighted by Gasteiger charge is -2.04. The van der Waals surface area contributed by atoms with E-state index in [0.717, 1.165) is 5.56 Å². The Balaban J connectivity index is 2.49. The fraction of sp³-hybridized carbons (Fsp3) is 0.231. The molecule has 0 unspecified atom stereocenters. The number of methoxy groups -OCH3 is 1. The molecule has 5 heteroatoms. The van der Waals surface area contributed by atoms with Gasteiger partial charge in [-0.25, -0.2) is 4.79 Å². The van der Waals surface area contributed by atoms with Gasteiger partial charge in [0.25, 0.3) is 0 Å². The highest BCUT2D eigenvalue weighted by Crippen LogP contribution is 2.13. The summed E-state index contributed by atoms with van der Waals surface area (Å²) in [4.78, 5) is 21.1. The lowest BCUT2D eigenvalue weighted by atomic mass is 10.2. The Bertz CT molecular complexity index is 433. The minimum atomic E-state index is -0.871. The van der Waals surface area contributed by atoms with Gasteiger partial charge in [0.2, 0.25) is 0 Å². The number of carboxylic acids is 1. The van der Waals surface area contributed by atoms with E-state index in [4.69, 9.17) is 9.84 Å². The maximum absolute atomic E-state index is 10.8. The number of carbonyl (C=O) groups is 2. The van der Waals surface area contributed by atoms with Crippen molar-refractivity contribution in [3.8, 4) is 5.75 Å². The Labute approximate surface area is 105 Å². The molecule has 0 saturated carbocycles. The van der Waals surface area contributed by atoms with E-state index in [2.05, 4.69) is 4.74 Å². The van der Waals surface area contributed by atoms with Crippen LogP contribution in [0.1, 0.15) is 12.0 Å². The van der Waals surface area contributed by atoms with Gasteiger partial charge in [0.1, 0.15) is 5.75 Å². The third kappa shape index (κ3) is 5.16. The molecule has 1 rings (SSSR count). The minimum Gasteiger partial charge on any atom is -0.482 e. The van der Waals surface area contributed by atoms with Gasteiger partial charge in [-0.2, -0.15) is 0 Å². The standard InChI is InChI=1S/C13H14O5/c1-17-13(16)9-18-11-7-5-10(6-8-11)3-2-4-12(14)15/h2-3,5-8H,4,9H2,1H3,(H,14,15). The maximum Gasteiger partial charge on any atom is 0.343 e. The molecule has 0 spiro atoms. The zero-order valence-corrected chi connectivity index (χ0v) is 9.96. The summed E-state index contributed by atoms with van der Waals surface area (Å²) < 4.78 is 9.60. The molecule has 96 valence electrons. The van der Waals surface area contributed by atoms with E-state index in [-0.39, 0.29) is 13.0 Å². The Morgan fingerprint density at radius 3 is 2.50 bits per heavy atom. The molecule has 0 heterocycles. The highest BCUT2D eigenvalue weighted by atomic mass is 16.6. The number of rotatable bonds is 6. The third-order valence-corrected chi connectivity index (χ3v) is 2.07. The van der Waals surface area contributed by atoms with Crippen molar-refractivity contribution in [3.05, 3.63) is 35.9 Å². The average molecular weight is 250 g/mol. The fourth-order valence-electron chi connectivity index (χ4n) is 1.17. The van der Waals surface area contributed by atoms with Crippen LogP contribution in [0.5, 0.6) is 5.75 Å². The summed E-state index contributed by atoms with van der Waals surface area (Å²) in [5, 5.41) is 8.47. The molecule has 0 bridgehead atoms. The third-order valence-electron chi connectivity index (χ3n) is 2.07. The Hall–Kier alpha value is -2.30. The van der Waals surface area contributed by atoms with E-state index in [1.165, 1.54) is 7.11 Å². The molecule has 0 aliphatic carbocycles. The van der Waals surface area contributed by atoms with E-state index in [0.29, 0.717) is 5.75 Å². The van der Waals surface area contributed by atoms with Crippen LogP contribution in [0, 0.1) is 0 Å². The van der Waals surface area contributed by atoms with Crippen molar-refractivity contribution >= 4 is 18.0 Å². The first kappa shape index (κ1) is 13.8. The summed E-state index contributed by atoms with van der Waals surface area (Å²) in [6.07, 6.45) is 3.26. The number of hydrogen-bond acceptors (Lipinski definition) is 4. The van der Waals surface area contributed by atoms with Gasteiger partial charge in [0, 0.05) is 0 Å². The highest BCUT2D eigenvalue weighted by Gasteiger charge is 2.01. The second-order valence-corrected chi connectivity index (χ2v) is 3.43. The van der Waals surface area contributed by atoms with Crippen LogP contribution in [0.2, 0.25) is 0 Å². The maximum atomic E-state index is 10.8.